The number of hydrogen-bond donors (Lipinski definition) is 1. The van der Waals surface area contributed by atoms with Crippen LogP contribution in [0, 0.1) is 6.92 Å². The van der Waals surface area contributed by atoms with Crippen LogP contribution >= 0.6 is 0 Å². The zero-order valence-electron chi connectivity index (χ0n) is 10.3. The summed E-state index contributed by atoms with van der Waals surface area (Å²) in [6, 6.07) is 0.0312. The van der Waals surface area contributed by atoms with Gasteiger partial charge in [-0.25, -0.2) is 4.98 Å². The second-order valence-corrected chi connectivity index (χ2v) is 4.02. The van der Waals surface area contributed by atoms with Gasteiger partial charge in [0.1, 0.15) is 5.76 Å². The summed E-state index contributed by atoms with van der Waals surface area (Å²) in [5, 5.41) is 3.19. The molecule has 1 rings (SSSR count). The molecule has 16 heavy (non-hydrogen) atoms. The first-order valence-corrected chi connectivity index (χ1v) is 5.36. The second kappa shape index (κ2) is 5.65. The Kier molecular flexibility index (Phi) is 4.49. The van der Waals surface area contributed by atoms with Crippen LogP contribution in [-0.4, -0.2) is 36.4 Å². The van der Waals surface area contributed by atoms with Gasteiger partial charge in [-0.3, -0.25) is 4.79 Å². The summed E-state index contributed by atoms with van der Waals surface area (Å²) in [5.41, 5.74) is 0. The van der Waals surface area contributed by atoms with Crippen LogP contribution in [0.15, 0.2) is 10.6 Å². The molecule has 1 aromatic heterocycles. The van der Waals surface area contributed by atoms with E-state index >= 15 is 0 Å². The van der Waals surface area contributed by atoms with E-state index in [2.05, 4.69) is 10.3 Å². The smallest absolute Gasteiger partial charge is 0.223 e. The molecule has 0 bridgehead atoms. The molecule has 0 aromatic carbocycles. The minimum Gasteiger partial charge on any atom is -0.444 e. The lowest BCUT2D eigenvalue weighted by Crippen LogP contribution is -2.28. The van der Waals surface area contributed by atoms with Crippen LogP contribution in [0.3, 0.4) is 0 Å². The third-order valence-corrected chi connectivity index (χ3v) is 2.30. The molecule has 1 heterocycles. The number of amides is 1. The number of oxazole rings is 1. The maximum Gasteiger partial charge on any atom is 0.223 e. The van der Waals surface area contributed by atoms with Crippen molar-refractivity contribution < 1.29 is 9.21 Å². The molecule has 1 unspecified atom stereocenters. The van der Waals surface area contributed by atoms with Crippen LogP contribution in [0.25, 0.3) is 0 Å². The van der Waals surface area contributed by atoms with Gasteiger partial charge in [-0.2, -0.15) is 0 Å². The average Bonchev–Trinajstić information content (AvgIpc) is 2.64. The second-order valence-electron chi connectivity index (χ2n) is 4.02. The standard InChI is InChI=1S/C11H19N3O2/c1-8-7-13-11(16-8)9(2)12-6-5-10(15)14(3)4/h7,9,12H,5-6H2,1-4H3. The first-order chi connectivity index (χ1) is 7.50. The number of rotatable bonds is 5. The van der Waals surface area contributed by atoms with Crippen LogP contribution in [0.1, 0.15) is 31.0 Å². The molecule has 5 nitrogen and oxygen atoms in total. The van der Waals surface area contributed by atoms with Gasteiger partial charge in [-0.15, -0.1) is 0 Å². The highest BCUT2D eigenvalue weighted by Crippen LogP contribution is 2.11. The highest BCUT2D eigenvalue weighted by molar-refractivity contribution is 5.75. The molecular formula is C11H19N3O2. The molecule has 0 saturated carbocycles. The third kappa shape index (κ3) is 3.66. The predicted octanol–water partition coefficient (Wildman–Crippen LogP) is 1.11. The van der Waals surface area contributed by atoms with Crippen molar-refractivity contribution in [1.82, 2.24) is 15.2 Å². The van der Waals surface area contributed by atoms with E-state index in [1.165, 1.54) is 0 Å². The molecule has 0 radical (unpaired) electrons. The highest BCUT2D eigenvalue weighted by atomic mass is 16.4. The lowest BCUT2D eigenvalue weighted by Gasteiger charge is -2.12. The molecule has 1 aromatic rings. The number of nitrogens with zero attached hydrogens (tertiary/aromatic N) is 2. The van der Waals surface area contributed by atoms with Crippen LogP contribution in [0.5, 0.6) is 0 Å². The van der Waals surface area contributed by atoms with E-state index < -0.39 is 0 Å². The van der Waals surface area contributed by atoms with E-state index in [0.717, 1.165) is 5.76 Å². The van der Waals surface area contributed by atoms with Crippen molar-refractivity contribution in [3.8, 4) is 0 Å². The van der Waals surface area contributed by atoms with Crippen molar-refractivity contribution >= 4 is 5.91 Å². The zero-order valence-corrected chi connectivity index (χ0v) is 10.3. The normalized spacial score (nSPS) is 12.5. The summed E-state index contributed by atoms with van der Waals surface area (Å²) in [7, 11) is 3.51. The summed E-state index contributed by atoms with van der Waals surface area (Å²) >= 11 is 0. The summed E-state index contributed by atoms with van der Waals surface area (Å²) in [6.07, 6.45) is 2.18. The monoisotopic (exact) mass is 225 g/mol. The van der Waals surface area contributed by atoms with Gasteiger partial charge in [-0.1, -0.05) is 0 Å². The molecule has 5 heteroatoms. The van der Waals surface area contributed by atoms with Gasteiger partial charge in [0.25, 0.3) is 0 Å². The van der Waals surface area contributed by atoms with Crippen molar-refractivity contribution in [2.24, 2.45) is 0 Å². The van der Waals surface area contributed by atoms with Gasteiger partial charge in [0.2, 0.25) is 11.8 Å². The summed E-state index contributed by atoms with van der Waals surface area (Å²) in [5.74, 6) is 1.58. The zero-order chi connectivity index (χ0) is 12.1. The fraction of sp³-hybridized carbons (Fsp3) is 0.636. The highest BCUT2D eigenvalue weighted by Gasteiger charge is 2.11. The Balaban J connectivity index is 2.31. The number of carbonyl (C=O) groups is 1. The third-order valence-electron chi connectivity index (χ3n) is 2.30. The van der Waals surface area contributed by atoms with Crippen molar-refractivity contribution in [1.29, 1.82) is 0 Å². The summed E-state index contributed by atoms with van der Waals surface area (Å²) in [6.45, 7) is 4.45. The fourth-order valence-electron chi connectivity index (χ4n) is 1.28. The van der Waals surface area contributed by atoms with Gasteiger partial charge < -0.3 is 14.6 Å². The van der Waals surface area contributed by atoms with Crippen molar-refractivity contribution in [2.45, 2.75) is 26.3 Å². The lowest BCUT2D eigenvalue weighted by molar-refractivity contribution is -0.128. The Morgan fingerprint density at radius 1 is 1.62 bits per heavy atom. The quantitative estimate of drug-likeness (QED) is 0.815. The van der Waals surface area contributed by atoms with E-state index in [-0.39, 0.29) is 11.9 Å². The van der Waals surface area contributed by atoms with Crippen LogP contribution in [-0.2, 0) is 4.79 Å². The summed E-state index contributed by atoms with van der Waals surface area (Å²) < 4.78 is 5.38. The molecule has 0 aliphatic rings. The van der Waals surface area contributed by atoms with Gasteiger partial charge in [0.05, 0.1) is 12.2 Å². The predicted molar refractivity (Wildman–Crippen MR) is 61.0 cm³/mol. The summed E-state index contributed by atoms with van der Waals surface area (Å²) in [4.78, 5) is 17.0. The van der Waals surface area contributed by atoms with Gasteiger partial charge in [-0.05, 0) is 13.8 Å². The molecule has 0 saturated heterocycles. The first-order valence-electron chi connectivity index (χ1n) is 5.36. The Morgan fingerprint density at radius 3 is 2.81 bits per heavy atom. The van der Waals surface area contributed by atoms with Gasteiger partial charge in [0, 0.05) is 27.1 Å². The Hall–Kier alpha value is -1.36. The molecular weight excluding hydrogens is 206 g/mol. The van der Waals surface area contributed by atoms with Crippen molar-refractivity contribution in [3.05, 3.63) is 17.8 Å². The van der Waals surface area contributed by atoms with Gasteiger partial charge >= 0.3 is 0 Å². The minimum absolute atomic E-state index is 0.0312. The molecule has 0 aliphatic carbocycles. The maximum atomic E-state index is 11.3. The van der Waals surface area contributed by atoms with E-state index in [9.17, 15) is 4.79 Å². The van der Waals surface area contributed by atoms with Crippen molar-refractivity contribution in [2.75, 3.05) is 20.6 Å². The molecule has 0 fully saturated rings. The van der Waals surface area contributed by atoms with E-state index in [1.54, 1.807) is 25.2 Å². The fourth-order valence-corrected chi connectivity index (χ4v) is 1.28. The molecule has 0 spiro atoms. The number of carbonyl (C=O) groups excluding carboxylic acids is 1. The number of hydrogen-bond acceptors (Lipinski definition) is 4. The lowest BCUT2D eigenvalue weighted by atomic mass is 10.3. The van der Waals surface area contributed by atoms with Crippen LogP contribution in [0.4, 0.5) is 0 Å². The molecule has 0 aliphatic heterocycles. The topological polar surface area (TPSA) is 58.4 Å². The number of aromatic nitrogens is 1. The van der Waals surface area contributed by atoms with Gasteiger partial charge in [0.15, 0.2) is 0 Å². The molecule has 1 N–H and O–H groups in total. The average molecular weight is 225 g/mol. The van der Waals surface area contributed by atoms with Crippen LogP contribution < -0.4 is 5.32 Å². The van der Waals surface area contributed by atoms with Crippen molar-refractivity contribution in [3.63, 3.8) is 0 Å². The minimum atomic E-state index is 0.0312. The first kappa shape index (κ1) is 12.7. The largest absolute Gasteiger partial charge is 0.444 e. The molecule has 90 valence electrons. The van der Waals surface area contributed by atoms with E-state index in [1.807, 2.05) is 13.8 Å². The van der Waals surface area contributed by atoms with Crippen LogP contribution in [0.2, 0.25) is 0 Å². The number of aryl methyl sites for hydroxylation is 1. The van der Waals surface area contributed by atoms with E-state index in [4.69, 9.17) is 4.42 Å². The Morgan fingerprint density at radius 2 is 2.31 bits per heavy atom. The Labute approximate surface area is 95.8 Å². The molecule has 1 amide bonds. The SMILES string of the molecule is Cc1cnc(C(C)NCCC(=O)N(C)C)o1. The van der Waals surface area contributed by atoms with E-state index in [0.29, 0.717) is 18.9 Å². The maximum absolute atomic E-state index is 11.3. The number of nitrogens with one attached hydrogen (secondary N) is 1. The Bertz CT molecular complexity index is 347. The molecule has 1 atom stereocenters.